The molecule has 7 heteroatoms. The molecule has 2 N–H and O–H groups in total. The standard InChI is InChI=1S/C21H28ClN5O/c1-23-21(24-10-8-16-6-7-20(22)25-13-16)26-14-17-9-11-27(15-17)18-4-3-5-19(12-18)28-2/h3-7,12-13,17H,8-11,14-15H2,1-2H3,(H2,23,24,26). The Morgan fingerprint density at radius 2 is 2.21 bits per heavy atom. The SMILES string of the molecule is CN=C(NCCc1ccc(Cl)nc1)NCC1CCN(c2cccc(OC)c2)C1. The summed E-state index contributed by atoms with van der Waals surface area (Å²) in [5.41, 5.74) is 2.37. The molecule has 0 radical (unpaired) electrons. The van der Waals surface area contributed by atoms with Crippen molar-refractivity contribution in [2.45, 2.75) is 12.8 Å². The lowest BCUT2D eigenvalue weighted by Gasteiger charge is -2.20. The molecular weight excluding hydrogens is 374 g/mol. The fourth-order valence-corrected chi connectivity index (χ4v) is 3.49. The average molecular weight is 402 g/mol. The first-order valence-corrected chi connectivity index (χ1v) is 9.99. The molecule has 3 rings (SSSR count). The van der Waals surface area contributed by atoms with Crippen molar-refractivity contribution >= 4 is 23.2 Å². The molecule has 1 aliphatic rings. The van der Waals surface area contributed by atoms with Gasteiger partial charge < -0.3 is 20.3 Å². The molecule has 1 fully saturated rings. The summed E-state index contributed by atoms with van der Waals surface area (Å²) >= 11 is 5.82. The van der Waals surface area contributed by atoms with Gasteiger partial charge in [0.25, 0.3) is 0 Å². The number of benzene rings is 1. The summed E-state index contributed by atoms with van der Waals surface area (Å²) in [6.07, 6.45) is 3.85. The van der Waals surface area contributed by atoms with Gasteiger partial charge in [-0.15, -0.1) is 0 Å². The van der Waals surface area contributed by atoms with Crippen molar-refractivity contribution in [1.29, 1.82) is 0 Å². The predicted molar refractivity (Wildman–Crippen MR) is 116 cm³/mol. The molecule has 1 unspecified atom stereocenters. The second-order valence-corrected chi connectivity index (χ2v) is 7.31. The Morgan fingerprint density at radius 1 is 1.32 bits per heavy atom. The number of anilines is 1. The van der Waals surface area contributed by atoms with Crippen LogP contribution in [0, 0.1) is 5.92 Å². The minimum absolute atomic E-state index is 0.522. The number of pyridine rings is 1. The molecule has 2 aromatic rings. The maximum atomic E-state index is 5.82. The van der Waals surface area contributed by atoms with Crippen LogP contribution >= 0.6 is 11.6 Å². The summed E-state index contributed by atoms with van der Waals surface area (Å²) in [7, 11) is 3.51. The number of methoxy groups -OCH3 is 1. The molecule has 1 atom stereocenters. The molecular formula is C21H28ClN5O. The summed E-state index contributed by atoms with van der Waals surface area (Å²) in [5, 5.41) is 7.34. The van der Waals surface area contributed by atoms with E-state index in [9.17, 15) is 0 Å². The van der Waals surface area contributed by atoms with Gasteiger partial charge in [0.1, 0.15) is 10.9 Å². The largest absolute Gasteiger partial charge is 0.497 e. The third kappa shape index (κ3) is 5.76. The quantitative estimate of drug-likeness (QED) is 0.424. The number of hydrogen-bond acceptors (Lipinski definition) is 4. The maximum Gasteiger partial charge on any atom is 0.190 e. The second-order valence-electron chi connectivity index (χ2n) is 6.92. The van der Waals surface area contributed by atoms with E-state index in [2.05, 4.69) is 37.6 Å². The van der Waals surface area contributed by atoms with Crippen LogP contribution in [0.15, 0.2) is 47.6 Å². The Kier molecular flexibility index (Phi) is 7.37. The normalized spacial score (nSPS) is 16.9. The van der Waals surface area contributed by atoms with Crippen molar-refractivity contribution in [3.05, 3.63) is 53.3 Å². The van der Waals surface area contributed by atoms with Gasteiger partial charge >= 0.3 is 0 Å². The van der Waals surface area contributed by atoms with Gasteiger partial charge in [0.05, 0.1) is 7.11 Å². The van der Waals surface area contributed by atoms with Crippen molar-refractivity contribution in [1.82, 2.24) is 15.6 Å². The number of rotatable bonds is 7. The van der Waals surface area contributed by atoms with Gasteiger partial charge in [0.2, 0.25) is 0 Å². The zero-order valence-electron chi connectivity index (χ0n) is 16.5. The Bertz CT molecular complexity index is 781. The van der Waals surface area contributed by atoms with Gasteiger partial charge in [0.15, 0.2) is 5.96 Å². The number of hydrogen-bond donors (Lipinski definition) is 2. The maximum absolute atomic E-state index is 5.82. The summed E-state index contributed by atoms with van der Waals surface area (Å²) in [4.78, 5) is 10.8. The van der Waals surface area contributed by atoms with Crippen molar-refractivity contribution in [3.63, 3.8) is 0 Å². The first-order valence-electron chi connectivity index (χ1n) is 9.62. The zero-order valence-corrected chi connectivity index (χ0v) is 17.2. The fourth-order valence-electron chi connectivity index (χ4n) is 3.38. The molecule has 150 valence electrons. The average Bonchev–Trinajstić information content (AvgIpc) is 3.21. The number of nitrogens with one attached hydrogen (secondary N) is 2. The van der Waals surface area contributed by atoms with E-state index in [4.69, 9.17) is 16.3 Å². The molecule has 2 heterocycles. The van der Waals surface area contributed by atoms with E-state index in [0.717, 1.165) is 56.3 Å². The van der Waals surface area contributed by atoms with Crippen molar-refractivity contribution < 1.29 is 4.74 Å². The number of nitrogens with zero attached hydrogens (tertiary/aromatic N) is 3. The Morgan fingerprint density at radius 3 is 2.96 bits per heavy atom. The number of halogens is 1. The number of guanidine groups is 1. The third-order valence-electron chi connectivity index (χ3n) is 4.98. The molecule has 0 aliphatic carbocycles. The Hall–Kier alpha value is -2.47. The number of aliphatic imine (C=N–C) groups is 1. The van der Waals surface area contributed by atoms with Crippen LogP contribution in [0.25, 0.3) is 0 Å². The number of ether oxygens (including phenoxy) is 1. The van der Waals surface area contributed by atoms with E-state index in [-0.39, 0.29) is 0 Å². The van der Waals surface area contributed by atoms with E-state index in [1.807, 2.05) is 30.5 Å². The van der Waals surface area contributed by atoms with Gasteiger partial charge in [-0.05, 0) is 42.5 Å². The lowest BCUT2D eigenvalue weighted by Crippen LogP contribution is -2.41. The van der Waals surface area contributed by atoms with E-state index < -0.39 is 0 Å². The Labute approximate surface area is 172 Å². The molecule has 1 saturated heterocycles. The highest BCUT2D eigenvalue weighted by molar-refractivity contribution is 6.29. The first kappa shape index (κ1) is 20.3. The van der Waals surface area contributed by atoms with Crippen LogP contribution in [0.2, 0.25) is 5.15 Å². The Balaban J connectivity index is 1.41. The minimum atomic E-state index is 0.522. The molecule has 1 aliphatic heterocycles. The monoisotopic (exact) mass is 401 g/mol. The second kappa shape index (κ2) is 10.2. The molecule has 6 nitrogen and oxygen atoms in total. The lowest BCUT2D eigenvalue weighted by molar-refractivity contribution is 0.415. The first-order chi connectivity index (χ1) is 13.7. The number of aromatic nitrogens is 1. The predicted octanol–water partition coefficient (Wildman–Crippen LogP) is 2.98. The van der Waals surface area contributed by atoms with E-state index in [1.54, 1.807) is 14.2 Å². The van der Waals surface area contributed by atoms with Gasteiger partial charge in [0, 0.05) is 51.2 Å². The summed E-state index contributed by atoms with van der Waals surface area (Å²) in [5.74, 6) is 2.33. The van der Waals surface area contributed by atoms with Crippen LogP contribution in [0.3, 0.4) is 0 Å². The van der Waals surface area contributed by atoms with Crippen LogP contribution in [0.5, 0.6) is 5.75 Å². The molecule has 0 bridgehead atoms. The molecule has 0 saturated carbocycles. The van der Waals surface area contributed by atoms with Crippen molar-refractivity contribution in [2.75, 3.05) is 45.2 Å². The highest BCUT2D eigenvalue weighted by atomic mass is 35.5. The van der Waals surface area contributed by atoms with Crippen LogP contribution in [0.4, 0.5) is 5.69 Å². The van der Waals surface area contributed by atoms with Gasteiger partial charge in [-0.25, -0.2) is 4.98 Å². The van der Waals surface area contributed by atoms with E-state index in [0.29, 0.717) is 11.1 Å². The van der Waals surface area contributed by atoms with Crippen molar-refractivity contribution in [3.8, 4) is 5.75 Å². The summed E-state index contributed by atoms with van der Waals surface area (Å²) in [6, 6.07) is 12.1. The molecule has 28 heavy (non-hydrogen) atoms. The fraction of sp³-hybridized carbons (Fsp3) is 0.429. The minimum Gasteiger partial charge on any atom is -0.497 e. The smallest absolute Gasteiger partial charge is 0.190 e. The van der Waals surface area contributed by atoms with Gasteiger partial charge in [-0.3, -0.25) is 4.99 Å². The third-order valence-corrected chi connectivity index (χ3v) is 5.20. The summed E-state index contributed by atoms with van der Waals surface area (Å²) in [6.45, 7) is 3.80. The van der Waals surface area contributed by atoms with Crippen LogP contribution in [-0.2, 0) is 6.42 Å². The summed E-state index contributed by atoms with van der Waals surface area (Å²) < 4.78 is 5.34. The van der Waals surface area contributed by atoms with Crippen molar-refractivity contribution in [2.24, 2.45) is 10.9 Å². The van der Waals surface area contributed by atoms with Gasteiger partial charge in [-0.1, -0.05) is 23.7 Å². The topological polar surface area (TPSA) is 61.8 Å². The molecule has 0 spiro atoms. The van der Waals surface area contributed by atoms with E-state index in [1.165, 1.54) is 5.69 Å². The lowest BCUT2D eigenvalue weighted by atomic mass is 10.1. The zero-order chi connectivity index (χ0) is 19.8. The highest BCUT2D eigenvalue weighted by Gasteiger charge is 2.23. The molecule has 1 aromatic heterocycles. The van der Waals surface area contributed by atoms with Crippen LogP contribution in [-0.4, -0.2) is 51.3 Å². The van der Waals surface area contributed by atoms with Gasteiger partial charge in [-0.2, -0.15) is 0 Å². The molecule has 1 aromatic carbocycles. The highest BCUT2D eigenvalue weighted by Crippen LogP contribution is 2.26. The molecule has 0 amide bonds. The van der Waals surface area contributed by atoms with Crippen LogP contribution in [0.1, 0.15) is 12.0 Å². The van der Waals surface area contributed by atoms with E-state index >= 15 is 0 Å². The van der Waals surface area contributed by atoms with Crippen LogP contribution < -0.4 is 20.3 Å².